The van der Waals surface area contributed by atoms with E-state index in [1.165, 1.54) is 79.2 Å². The van der Waals surface area contributed by atoms with Crippen molar-refractivity contribution in [2.45, 2.75) is 64.8 Å². The molecule has 1 saturated heterocycles. The third-order valence-electron chi connectivity index (χ3n) is 6.57. The van der Waals surface area contributed by atoms with E-state index in [0.717, 1.165) is 37.9 Å². The molecule has 1 aliphatic heterocycles. The van der Waals surface area contributed by atoms with Gasteiger partial charge in [-0.1, -0.05) is 35.9 Å². The van der Waals surface area contributed by atoms with Gasteiger partial charge in [-0.25, -0.2) is 9.79 Å². The third-order valence-corrected chi connectivity index (χ3v) is 6.57. The quantitative estimate of drug-likeness (QED) is 0.634. The molecule has 0 aromatic heterocycles. The molecule has 1 heterocycles. The Kier molecular flexibility index (Phi) is 11.6. The van der Waals surface area contributed by atoms with Gasteiger partial charge in [-0.15, -0.1) is 0 Å². The highest BCUT2D eigenvalue weighted by molar-refractivity contribution is 5.94. The van der Waals surface area contributed by atoms with Gasteiger partial charge in [0.2, 0.25) is 0 Å². The van der Waals surface area contributed by atoms with E-state index in [0.29, 0.717) is 0 Å². The lowest BCUT2D eigenvalue weighted by atomic mass is 9.99. The molecule has 2 amide bonds. The molecule has 2 aromatic carbocycles. The van der Waals surface area contributed by atoms with E-state index in [1.807, 2.05) is 6.79 Å². The van der Waals surface area contributed by atoms with Crippen LogP contribution < -0.4 is 11.1 Å². The number of carbonyl (C=O) groups is 2. The van der Waals surface area contributed by atoms with Gasteiger partial charge >= 0.3 is 6.03 Å². The first-order valence-corrected chi connectivity index (χ1v) is 12.2. The van der Waals surface area contributed by atoms with Gasteiger partial charge < -0.3 is 15.8 Å². The summed E-state index contributed by atoms with van der Waals surface area (Å²) in [5.74, 6) is 0. The van der Waals surface area contributed by atoms with Crippen LogP contribution in [-0.4, -0.2) is 44.6 Å². The fraction of sp³-hybridized carbons (Fsp3) is 0.464. The molecule has 0 unspecified atom stereocenters. The minimum absolute atomic E-state index is 0.334. The Hall–Kier alpha value is -2.83. The summed E-state index contributed by atoms with van der Waals surface area (Å²) in [6.07, 6.45) is 9.60. The first kappa shape index (κ1) is 27.4. The molecule has 6 heteroatoms. The average molecular weight is 465 g/mol. The fourth-order valence-corrected chi connectivity index (χ4v) is 5.01. The number of nitrogens with zero attached hydrogens (tertiary/aromatic N) is 2. The molecule has 0 bridgehead atoms. The number of hydrogen-bond donors (Lipinski definition) is 2. The largest absolute Gasteiger partial charge is 0.344 e. The van der Waals surface area contributed by atoms with E-state index >= 15 is 0 Å². The number of urea groups is 1. The van der Waals surface area contributed by atoms with Crippen molar-refractivity contribution in [1.29, 1.82) is 0 Å². The Morgan fingerprint density at radius 3 is 1.97 bits per heavy atom. The maximum Gasteiger partial charge on any atom is 0.344 e. The Labute approximate surface area is 204 Å². The lowest BCUT2D eigenvalue weighted by Crippen LogP contribution is -2.18. The predicted molar refractivity (Wildman–Crippen MR) is 142 cm³/mol. The number of amides is 2. The molecule has 1 fully saturated rings. The molecule has 5 rings (SSSR count). The maximum absolute atomic E-state index is 11.4. The number of hydrogen-bond acceptors (Lipinski definition) is 4. The highest BCUT2D eigenvalue weighted by Crippen LogP contribution is 2.38. The summed E-state index contributed by atoms with van der Waals surface area (Å²) in [5, 5.41) is 2.92. The van der Waals surface area contributed by atoms with Crippen LogP contribution in [0, 0.1) is 6.92 Å². The van der Waals surface area contributed by atoms with E-state index < -0.39 is 0 Å². The molecule has 0 saturated carbocycles. The number of likely N-dealkylation sites (tertiary alicyclic amines) is 1. The number of aryl methyl sites for hydroxylation is 3. The standard InChI is InChI=1S/C14H16N2O.C12H17N.CH5N.CH2O/c1-15-14(17)16-13-11-6-2-4-9(11)8-10-5-3-7-12(10)13;1-11-4-6-12(7-5-11)10-13-8-2-3-9-13;2*1-2/h8H,1-7H2,(H,16,17);4-7H,2-3,8-10H2,1H3;2H2,1H3;1H2. The van der Waals surface area contributed by atoms with Gasteiger partial charge in [-0.2, -0.15) is 0 Å². The second-order valence-corrected chi connectivity index (χ2v) is 8.79. The van der Waals surface area contributed by atoms with Crippen molar-refractivity contribution in [2.24, 2.45) is 10.7 Å². The molecule has 0 radical (unpaired) electrons. The van der Waals surface area contributed by atoms with Crippen LogP contribution in [0.5, 0.6) is 0 Å². The molecule has 184 valence electrons. The van der Waals surface area contributed by atoms with Crippen molar-refractivity contribution in [3.8, 4) is 0 Å². The minimum atomic E-state index is -0.334. The van der Waals surface area contributed by atoms with E-state index in [2.05, 4.69) is 64.9 Å². The molecule has 6 nitrogen and oxygen atoms in total. The van der Waals surface area contributed by atoms with Gasteiger partial charge in [0.05, 0.1) is 0 Å². The number of carbonyl (C=O) groups excluding carboxylic acids is 2. The Balaban J connectivity index is 0.000000215. The zero-order chi connectivity index (χ0) is 24.9. The third kappa shape index (κ3) is 7.34. The second kappa shape index (κ2) is 14.4. The van der Waals surface area contributed by atoms with Crippen LogP contribution in [0.1, 0.15) is 59.1 Å². The summed E-state index contributed by atoms with van der Waals surface area (Å²) in [5.41, 5.74) is 13.9. The highest BCUT2D eigenvalue weighted by atomic mass is 16.2. The minimum Gasteiger partial charge on any atom is -0.333 e. The van der Waals surface area contributed by atoms with Crippen molar-refractivity contribution in [1.82, 2.24) is 4.90 Å². The van der Waals surface area contributed by atoms with Crippen molar-refractivity contribution >= 4 is 25.2 Å². The zero-order valence-corrected chi connectivity index (χ0v) is 20.9. The summed E-state index contributed by atoms with van der Waals surface area (Å²) in [6.45, 7) is 11.1. The summed E-state index contributed by atoms with van der Waals surface area (Å²) in [7, 11) is 1.50. The van der Waals surface area contributed by atoms with Crippen molar-refractivity contribution < 1.29 is 9.59 Å². The van der Waals surface area contributed by atoms with Gasteiger partial charge in [0, 0.05) is 12.2 Å². The van der Waals surface area contributed by atoms with Gasteiger partial charge in [-0.05, 0) is 113 Å². The van der Waals surface area contributed by atoms with Gasteiger partial charge in [-0.3, -0.25) is 4.90 Å². The van der Waals surface area contributed by atoms with Crippen LogP contribution in [0.4, 0.5) is 10.5 Å². The molecular weight excluding hydrogens is 424 g/mol. The smallest absolute Gasteiger partial charge is 0.333 e. The maximum atomic E-state index is 11.4. The summed E-state index contributed by atoms with van der Waals surface area (Å²) >= 11 is 0. The normalized spacial score (nSPS) is 15.4. The zero-order valence-electron chi connectivity index (χ0n) is 20.9. The van der Waals surface area contributed by atoms with Crippen molar-refractivity contribution in [3.05, 3.63) is 63.7 Å². The number of nitrogens with two attached hydrogens (primary N) is 1. The molecule has 0 spiro atoms. The Morgan fingerprint density at radius 2 is 1.47 bits per heavy atom. The van der Waals surface area contributed by atoms with Crippen LogP contribution >= 0.6 is 0 Å². The van der Waals surface area contributed by atoms with Crippen LogP contribution in [0.25, 0.3) is 0 Å². The molecule has 2 aliphatic carbocycles. The average Bonchev–Trinajstić information content (AvgIpc) is 3.65. The van der Waals surface area contributed by atoms with Crippen LogP contribution in [0.3, 0.4) is 0 Å². The second-order valence-electron chi connectivity index (χ2n) is 8.79. The predicted octanol–water partition coefficient (Wildman–Crippen LogP) is 4.88. The van der Waals surface area contributed by atoms with Crippen molar-refractivity contribution in [3.63, 3.8) is 0 Å². The molecule has 3 N–H and O–H groups in total. The van der Waals surface area contributed by atoms with E-state index in [9.17, 15) is 4.79 Å². The van der Waals surface area contributed by atoms with E-state index in [4.69, 9.17) is 4.79 Å². The van der Waals surface area contributed by atoms with Crippen molar-refractivity contribution in [2.75, 3.05) is 25.5 Å². The first-order valence-electron chi connectivity index (χ1n) is 12.2. The Bertz CT molecular complexity index is 902. The SMILES string of the molecule is C=NC(=O)Nc1c2c(cc3c1CCC3)CCC2.C=O.CN.Cc1ccc(CN2CCCC2)cc1. The van der Waals surface area contributed by atoms with Crippen LogP contribution in [0.2, 0.25) is 0 Å². The summed E-state index contributed by atoms with van der Waals surface area (Å²) in [6, 6.07) is 10.9. The molecule has 3 aliphatic rings. The first-order chi connectivity index (χ1) is 16.6. The number of anilines is 1. The van der Waals surface area contributed by atoms with Gasteiger partial charge in [0.1, 0.15) is 6.79 Å². The van der Waals surface area contributed by atoms with Gasteiger partial charge in [0.25, 0.3) is 0 Å². The van der Waals surface area contributed by atoms with E-state index in [1.54, 1.807) is 0 Å². The number of nitrogens with one attached hydrogen (secondary N) is 1. The highest BCUT2D eigenvalue weighted by Gasteiger charge is 2.24. The molecule has 2 aromatic rings. The number of fused-ring (bicyclic) bond motifs is 2. The molecular formula is C28H40N4O2. The fourth-order valence-electron chi connectivity index (χ4n) is 5.01. The summed E-state index contributed by atoms with van der Waals surface area (Å²) in [4.78, 5) is 25.4. The lowest BCUT2D eigenvalue weighted by molar-refractivity contribution is -0.0980. The van der Waals surface area contributed by atoms with Crippen LogP contribution in [0.15, 0.2) is 35.3 Å². The Morgan fingerprint density at radius 1 is 0.941 bits per heavy atom. The monoisotopic (exact) mass is 464 g/mol. The number of aliphatic imine (C=N–C) groups is 1. The summed E-state index contributed by atoms with van der Waals surface area (Å²) < 4.78 is 0. The van der Waals surface area contributed by atoms with Crippen LogP contribution in [-0.2, 0) is 37.0 Å². The lowest BCUT2D eigenvalue weighted by Gasteiger charge is -2.14. The van der Waals surface area contributed by atoms with E-state index in [-0.39, 0.29) is 6.03 Å². The topological polar surface area (TPSA) is 87.8 Å². The number of benzene rings is 2. The number of rotatable bonds is 3. The van der Waals surface area contributed by atoms with Gasteiger partial charge in [0.15, 0.2) is 0 Å². The molecule has 0 atom stereocenters. The molecule has 34 heavy (non-hydrogen) atoms.